The summed E-state index contributed by atoms with van der Waals surface area (Å²) in [5, 5.41) is 3.03. The lowest BCUT2D eigenvalue weighted by atomic mass is 9.89. The van der Waals surface area contributed by atoms with Gasteiger partial charge in [0.05, 0.1) is 7.11 Å². The SMILES string of the molecule is COc1cccc(N2CCC(C)(NC(=O)OC(C)(C)C)CC2)c1. The Labute approximate surface area is 139 Å². The molecule has 0 atom stereocenters. The van der Waals surface area contributed by atoms with E-state index in [1.54, 1.807) is 7.11 Å². The molecular weight excluding hydrogens is 292 g/mol. The smallest absolute Gasteiger partial charge is 0.408 e. The van der Waals surface area contributed by atoms with Crippen LogP contribution in [-0.4, -0.2) is 37.4 Å². The fourth-order valence-corrected chi connectivity index (χ4v) is 2.74. The number of carbonyl (C=O) groups excluding carboxylic acids is 1. The molecule has 1 heterocycles. The number of benzene rings is 1. The first-order valence-corrected chi connectivity index (χ1v) is 8.11. The third-order valence-electron chi connectivity index (χ3n) is 4.09. The molecule has 128 valence electrons. The first-order chi connectivity index (χ1) is 10.7. The highest BCUT2D eigenvalue weighted by atomic mass is 16.6. The molecule has 1 amide bonds. The van der Waals surface area contributed by atoms with E-state index in [0.29, 0.717) is 0 Å². The van der Waals surface area contributed by atoms with Gasteiger partial charge >= 0.3 is 6.09 Å². The maximum Gasteiger partial charge on any atom is 0.408 e. The molecule has 1 aliphatic heterocycles. The summed E-state index contributed by atoms with van der Waals surface area (Å²) >= 11 is 0. The van der Waals surface area contributed by atoms with Crippen molar-refractivity contribution >= 4 is 11.8 Å². The van der Waals surface area contributed by atoms with Crippen LogP contribution >= 0.6 is 0 Å². The van der Waals surface area contributed by atoms with Crippen LogP contribution in [0.4, 0.5) is 10.5 Å². The van der Waals surface area contributed by atoms with E-state index in [4.69, 9.17) is 9.47 Å². The van der Waals surface area contributed by atoms with Crippen LogP contribution in [0, 0.1) is 0 Å². The Morgan fingerprint density at radius 2 is 1.91 bits per heavy atom. The molecule has 1 fully saturated rings. The topological polar surface area (TPSA) is 50.8 Å². The lowest BCUT2D eigenvalue weighted by molar-refractivity contribution is 0.0448. The van der Waals surface area contributed by atoms with Crippen molar-refractivity contribution in [1.29, 1.82) is 0 Å². The largest absolute Gasteiger partial charge is 0.497 e. The van der Waals surface area contributed by atoms with Crippen molar-refractivity contribution in [3.05, 3.63) is 24.3 Å². The van der Waals surface area contributed by atoms with Crippen LogP contribution in [0.1, 0.15) is 40.5 Å². The molecule has 0 bridgehead atoms. The Bertz CT molecular complexity index is 543. The number of alkyl carbamates (subject to hydrolysis) is 1. The number of ether oxygens (including phenoxy) is 2. The van der Waals surface area contributed by atoms with Crippen LogP contribution in [0.2, 0.25) is 0 Å². The maximum absolute atomic E-state index is 12.0. The van der Waals surface area contributed by atoms with Crippen molar-refractivity contribution in [3.63, 3.8) is 0 Å². The molecule has 0 aromatic heterocycles. The third kappa shape index (κ3) is 5.05. The summed E-state index contributed by atoms with van der Waals surface area (Å²) in [6.07, 6.45) is 1.42. The molecule has 5 nitrogen and oxygen atoms in total. The summed E-state index contributed by atoms with van der Waals surface area (Å²) in [5.74, 6) is 0.864. The average molecular weight is 320 g/mol. The van der Waals surface area contributed by atoms with Gasteiger partial charge < -0.3 is 19.7 Å². The van der Waals surface area contributed by atoms with Crippen LogP contribution in [0.25, 0.3) is 0 Å². The van der Waals surface area contributed by atoms with E-state index in [-0.39, 0.29) is 11.6 Å². The quantitative estimate of drug-likeness (QED) is 0.925. The number of nitrogens with one attached hydrogen (secondary N) is 1. The zero-order valence-corrected chi connectivity index (χ0v) is 14.8. The van der Waals surface area contributed by atoms with Gasteiger partial charge in [-0.3, -0.25) is 0 Å². The average Bonchev–Trinajstić information content (AvgIpc) is 2.45. The lowest BCUT2D eigenvalue weighted by Gasteiger charge is -2.41. The Hall–Kier alpha value is -1.91. The highest BCUT2D eigenvalue weighted by Gasteiger charge is 2.33. The number of piperidine rings is 1. The summed E-state index contributed by atoms with van der Waals surface area (Å²) in [4.78, 5) is 14.3. The zero-order chi connectivity index (χ0) is 17.1. The van der Waals surface area contributed by atoms with E-state index < -0.39 is 5.60 Å². The molecule has 5 heteroatoms. The van der Waals surface area contributed by atoms with Crippen LogP contribution < -0.4 is 15.0 Å². The first-order valence-electron chi connectivity index (χ1n) is 8.11. The van der Waals surface area contributed by atoms with Gasteiger partial charge in [-0.1, -0.05) is 6.07 Å². The Balaban J connectivity index is 1.93. The van der Waals surface area contributed by atoms with Crippen LogP contribution in [0.15, 0.2) is 24.3 Å². The minimum atomic E-state index is -0.470. The summed E-state index contributed by atoms with van der Waals surface area (Å²) in [7, 11) is 1.68. The number of methoxy groups -OCH3 is 1. The van der Waals surface area contributed by atoms with E-state index in [0.717, 1.165) is 37.4 Å². The van der Waals surface area contributed by atoms with Gasteiger partial charge in [0.25, 0.3) is 0 Å². The highest BCUT2D eigenvalue weighted by molar-refractivity contribution is 5.68. The summed E-state index contributed by atoms with van der Waals surface area (Å²) < 4.78 is 10.7. The van der Waals surface area contributed by atoms with Crippen LogP contribution in [0.5, 0.6) is 5.75 Å². The third-order valence-corrected chi connectivity index (χ3v) is 4.09. The molecule has 0 saturated carbocycles. The summed E-state index contributed by atoms with van der Waals surface area (Å²) in [5.41, 5.74) is 0.461. The molecule has 1 aromatic rings. The minimum Gasteiger partial charge on any atom is -0.497 e. The standard InChI is InChI=1S/C18H28N2O3/c1-17(2,3)23-16(21)19-18(4)9-11-20(12-10-18)14-7-6-8-15(13-14)22-5/h6-8,13H,9-12H2,1-5H3,(H,19,21). The van der Waals surface area contributed by atoms with Crippen molar-refractivity contribution in [3.8, 4) is 5.75 Å². The number of hydrogen-bond donors (Lipinski definition) is 1. The monoisotopic (exact) mass is 320 g/mol. The number of nitrogens with zero attached hydrogens (tertiary/aromatic N) is 1. The lowest BCUT2D eigenvalue weighted by Crippen LogP contribution is -2.54. The molecule has 1 aliphatic rings. The van der Waals surface area contributed by atoms with Crippen molar-refractivity contribution in [1.82, 2.24) is 5.32 Å². The van der Waals surface area contributed by atoms with E-state index >= 15 is 0 Å². The second kappa shape index (κ2) is 6.69. The molecular formula is C18H28N2O3. The highest BCUT2D eigenvalue weighted by Crippen LogP contribution is 2.28. The minimum absolute atomic E-state index is 0.225. The van der Waals surface area contributed by atoms with Crippen LogP contribution in [-0.2, 0) is 4.74 Å². The zero-order valence-electron chi connectivity index (χ0n) is 14.8. The fraction of sp³-hybridized carbons (Fsp3) is 0.611. The molecule has 2 rings (SSSR count). The Morgan fingerprint density at radius 3 is 2.48 bits per heavy atom. The van der Waals surface area contributed by atoms with Crippen molar-refractivity contribution in [2.24, 2.45) is 0 Å². The van der Waals surface area contributed by atoms with Gasteiger partial charge in [0, 0.05) is 30.4 Å². The summed E-state index contributed by atoms with van der Waals surface area (Å²) in [6, 6.07) is 8.08. The first kappa shape index (κ1) is 17.4. The van der Waals surface area contributed by atoms with Gasteiger partial charge in [-0.2, -0.15) is 0 Å². The molecule has 0 spiro atoms. The van der Waals surface area contributed by atoms with Gasteiger partial charge in [-0.25, -0.2) is 4.79 Å². The molecule has 0 radical (unpaired) electrons. The van der Waals surface area contributed by atoms with Crippen molar-refractivity contribution in [2.45, 2.75) is 51.7 Å². The van der Waals surface area contributed by atoms with E-state index in [9.17, 15) is 4.79 Å². The van der Waals surface area contributed by atoms with E-state index in [1.165, 1.54) is 0 Å². The van der Waals surface area contributed by atoms with Gasteiger partial charge in [-0.05, 0) is 52.7 Å². The molecule has 1 aromatic carbocycles. The molecule has 1 saturated heterocycles. The normalized spacial score (nSPS) is 17.5. The number of hydrogen-bond acceptors (Lipinski definition) is 4. The predicted molar refractivity (Wildman–Crippen MR) is 92.2 cm³/mol. The Kier molecular flexibility index (Phi) is 5.07. The molecule has 0 aliphatic carbocycles. The van der Waals surface area contributed by atoms with E-state index in [2.05, 4.69) is 23.2 Å². The second-order valence-corrected chi connectivity index (χ2v) is 7.38. The number of carbonyl (C=O) groups is 1. The van der Waals surface area contributed by atoms with E-state index in [1.807, 2.05) is 39.0 Å². The van der Waals surface area contributed by atoms with Crippen molar-refractivity contribution in [2.75, 3.05) is 25.1 Å². The number of rotatable bonds is 3. The number of anilines is 1. The predicted octanol–water partition coefficient (Wildman–Crippen LogP) is 3.58. The van der Waals surface area contributed by atoms with Crippen LogP contribution in [0.3, 0.4) is 0 Å². The molecule has 1 N–H and O–H groups in total. The van der Waals surface area contributed by atoms with Gasteiger partial charge in [-0.15, -0.1) is 0 Å². The van der Waals surface area contributed by atoms with Gasteiger partial charge in [0.1, 0.15) is 11.4 Å². The maximum atomic E-state index is 12.0. The number of amides is 1. The second-order valence-electron chi connectivity index (χ2n) is 7.38. The summed E-state index contributed by atoms with van der Waals surface area (Å²) in [6.45, 7) is 9.49. The Morgan fingerprint density at radius 1 is 1.26 bits per heavy atom. The fourth-order valence-electron chi connectivity index (χ4n) is 2.74. The van der Waals surface area contributed by atoms with Gasteiger partial charge in [0.15, 0.2) is 0 Å². The molecule has 23 heavy (non-hydrogen) atoms. The van der Waals surface area contributed by atoms with Crippen molar-refractivity contribution < 1.29 is 14.3 Å². The van der Waals surface area contributed by atoms with Gasteiger partial charge in [0.2, 0.25) is 0 Å². The molecule has 0 unspecified atom stereocenters.